The second kappa shape index (κ2) is 6.46. The first-order chi connectivity index (χ1) is 11.2. The molecule has 0 atom stereocenters. The highest BCUT2D eigenvalue weighted by atomic mass is 16.5. The van der Waals surface area contributed by atoms with Gasteiger partial charge >= 0.3 is 0 Å². The molecular weight excluding hydrogens is 290 g/mol. The minimum Gasteiger partial charge on any atom is -0.495 e. The molecule has 5 heteroatoms. The van der Waals surface area contributed by atoms with Crippen molar-refractivity contribution < 1.29 is 9.84 Å². The second-order valence-electron chi connectivity index (χ2n) is 5.08. The molecule has 5 nitrogen and oxygen atoms in total. The largest absolute Gasteiger partial charge is 0.495 e. The number of aliphatic hydroxyl groups excluding tert-OH is 1. The van der Waals surface area contributed by atoms with Crippen LogP contribution in [0, 0.1) is 0 Å². The number of fused-ring (bicyclic) bond motifs is 1. The maximum absolute atomic E-state index is 9.48. The first-order valence-electron chi connectivity index (χ1n) is 7.19. The number of hydrogen-bond donors (Lipinski definition) is 2. The van der Waals surface area contributed by atoms with Gasteiger partial charge in [-0.2, -0.15) is 5.11 Å². The van der Waals surface area contributed by atoms with Crippen molar-refractivity contribution in [1.82, 2.24) is 0 Å². The van der Waals surface area contributed by atoms with E-state index in [0.717, 1.165) is 16.5 Å². The summed E-state index contributed by atoms with van der Waals surface area (Å²) in [5, 5.41) is 20.2. The molecule has 0 aliphatic heterocycles. The van der Waals surface area contributed by atoms with Crippen LogP contribution in [0.3, 0.4) is 0 Å². The molecule has 0 fully saturated rings. The van der Waals surface area contributed by atoms with Gasteiger partial charge in [0.2, 0.25) is 0 Å². The summed E-state index contributed by atoms with van der Waals surface area (Å²) in [6.45, 7) is -0.169. The van der Waals surface area contributed by atoms with Gasteiger partial charge in [0, 0.05) is 17.0 Å². The van der Waals surface area contributed by atoms with Crippen molar-refractivity contribution in [2.24, 2.45) is 10.2 Å². The lowest BCUT2D eigenvalue weighted by Crippen LogP contribution is -1.95. The number of rotatable bonds is 4. The number of anilines is 1. The van der Waals surface area contributed by atoms with Crippen LogP contribution >= 0.6 is 0 Å². The van der Waals surface area contributed by atoms with Crippen molar-refractivity contribution in [3.63, 3.8) is 0 Å². The minimum absolute atomic E-state index is 0.169. The summed E-state index contributed by atoms with van der Waals surface area (Å²) in [6, 6.07) is 17.2. The molecule has 0 aromatic heterocycles. The van der Waals surface area contributed by atoms with Crippen LogP contribution in [0.4, 0.5) is 17.1 Å². The van der Waals surface area contributed by atoms with Gasteiger partial charge in [-0.3, -0.25) is 0 Å². The number of nitrogens with two attached hydrogens (primary N) is 1. The molecule has 23 heavy (non-hydrogen) atoms. The fourth-order valence-electron chi connectivity index (χ4n) is 2.43. The Morgan fingerprint density at radius 2 is 1.74 bits per heavy atom. The van der Waals surface area contributed by atoms with E-state index in [0.29, 0.717) is 22.7 Å². The van der Waals surface area contributed by atoms with Gasteiger partial charge in [-0.05, 0) is 17.5 Å². The molecule has 0 bridgehead atoms. The van der Waals surface area contributed by atoms with Gasteiger partial charge in [0.1, 0.15) is 5.75 Å². The number of nitrogen functional groups attached to an aromatic ring is 1. The summed E-state index contributed by atoms with van der Waals surface area (Å²) in [6.07, 6.45) is 0. The second-order valence-corrected chi connectivity index (χ2v) is 5.08. The number of azo groups is 1. The summed E-state index contributed by atoms with van der Waals surface area (Å²) >= 11 is 0. The van der Waals surface area contributed by atoms with Crippen LogP contribution in [0.5, 0.6) is 5.75 Å². The molecular formula is C18H17N3O2. The van der Waals surface area contributed by atoms with Crippen molar-refractivity contribution in [3.8, 4) is 5.75 Å². The van der Waals surface area contributed by atoms with Gasteiger partial charge in [-0.15, -0.1) is 5.11 Å². The van der Waals surface area contributed by atoms with Crippen LogP contribution in [0.1, 0.15) is 5.56 Å². The lowest BCUT2D eigenvalue weighted by atomic mass is 10.1. The van der Waals surface area contributed by atoms with E-state index in [1.165, 1.54) is 7.11 Å². The van der Waals surface area contributed by atoms with Crippen molar-refractivity contribution in [1.29, 1.82) is 0 Å². The average molecular weight is 307 g/mol. The first-order valence-corrected chi connectivity index (χ1v) is 7.19. The molecule has 0 saturated heterocycles. The highest BCUT2D eigenvalue weighted by Crippen LogP contribution is 2.33. The summed E-state index contributed by atoms with van der Waals surface area (Å²) < 4.78 is 5.20. The number of benzene rings is 3. The van der Waals surface area contributed by atoms with Crippen molar-refractivity contribution in [2.75, 3.05) is 12.8 Å². The summed E-state index contributed by atoms with van der Waals surface area (Å²) in [7, 11) is 1.54. The normalized spacial score (nSPS) is 11.2. The Balaban J connectivity index is 2.05. The van der Waals surface area contributed by atoms with Gasteiger partial charge in [0.15, 0.2) is 0 Å². The lowest BCUT2D eigenvalue weighted by Gasteiger charge is -2.08. The van der Waals surface area contributed by atoms with Crippen LogP contribution in [0.15, 0.2) is 64.8 Å². The molecule has 3 aromatic carbocycles. The van der Waals surface area contributed by atoms with Crippen molar-refractivity contribution in [2.45, 2.75) is 6.61 Å². The molecule has 0 heterocycles. The summed E-state index contributed by atoms with van der Waals surface area (Å²) in [5.41, 5.74) is 8.21. The molecule has 3 N–H and O–H groups in total. The number of methoxy groups -OCH3 is 1. The van der Waals surface area contributed by atoms with E-state index in [2.05, 4.69) is 10.2 Å². The smallest absolute Gasteiger partial charge is 0.143 e. The Morgan fingerprint density at radius 3 is 2.52 bits per heavy atom. The summed E-state index contributed by atoms with van der Waals surface area (Å²) in [5.74, 6) is 0.508. The highest BCUT2D eigenvalue weighted by Gasteiger charge is 2.08. The van der Waals surface area contributed by atoms with E-state index in [9.17, 15) is 5.11 Å². The first kappa shape index (κ1) is 15.0. The number of nitrogens with zero attached hydrogens (tertiary/aromatic N) is 2. The van der Waals surface area contributed by atoms with Gasteiger partial charge in [-0.1, -0.05) is 36.4 Å². The molecule has 3 aromatic rings. The third-order valence-electron chi connectivity index (χ3n) is 3.63. The Hall–Kier alpha value is -2.92. The predicted molar refractivity (Wildman–Crippen MR) is 91.5 cm³/mol. The zero-order valence-electron chi connectivity index (χ0n) is 12.7. The fraction of sp³-hybridized carbons (Fsp3) is 0.111. The van der Waals surface area contributed by atoms with Crippen LogP contribution in [-0.2, 0) is 6.61 Å². The molecule has 116 valence electrons. The Labute approximate surface area is 134 Å². The maximum Gasteiger partial charge on any atom is 0.143 e. The Kier molecular flexibility index (Phi) is 4.21. The minimum atomic E-state index is -0.169. The molecule has 0 saturated carbocycles. The van der Waals surface area contributed by atoms with E-state index in [-0.39, 0.29) is 6.61 Å². The van der Waals surface area contributed by atoms with E-state index in [4.69, 9.17) is 10.5 Å². The van der Waals surface area contributed by atoms with E-state index < -0.39 is 0 Å². The van der Waals surface area contributed by atoms with Gasteiger partial charge in [0.25, 0.3) is 0 Å². The van der Waals surface area contributed by atoms with E-state index >= 15 is 0 Å². The van der Waals surface area contributed by atoms with Crippen LogP contribution in [0.25, 0.3) is 10.8 Å². The lowest BCUT2D eigenvalue weighted by molar-refractivity contribution is 0.282. The van der Waals surface area contributed by atoms with Gasteiger partial charge in [0.05, 0.1) is 30.8 Å². The standard InChI is InChI=1S/C18H17N3O2/c1-23-18-10-17(13(11-22)9-15(18)19)21-20-16-8-4-6-12-5-2-3-7-14(12)16/h2-10,22H,11,19H2,1H3. The van der Waals surface area contributed by atoms with Gasteiger partial charge in [-0.25, -0.2) is 0 Å². The van der Waals surface area contributed by atoms with Crippen LogP contribution in [-0.4, -0.2) is 12.2 Å². The Morgan fingerprint density at radius 1 is 1.00 bits per heavy atom. The SMILES string of the molecule is COc1cc(N=Nc2cccc3ccccc23)c(CO)cc1N. The zero-order chi connectivity index (χ0) is 16.2. The molecule has 0 aliphatic rings. The van der Waals surface area contributed by atoms with Gasteiger partial charge < -0.3 is 15.6 Å². The van der Waals surface area contributed by atoms with E-state index in [1.54, 1.807) is 12.1 Å². The monoisotopic (exact) mass is 307 g/mol. The van der Waals surface area contributed by atoms with Crippen LogP contribution in [0.2, 0.25) is 0 Å². The number of ether oxygens (including phenoxy) is 1. The molecule has 0 radical (unpaired) electrons. The zero-order valence-corrected chi connectivity index (χ0v) is 12.7. The third-order valence-corrected chi connectivity index (χ3v) is 3.63. The number of hydrogen-bond acceptors (Lipinski definition) is 5. The fourth-order valence-corrected chi connectivity index (χ4v) is 2.43. The quantitative estimate of drug-likeness (QED) is 0.556. The van der Waals surface area contributed by atoms with Crippen molar-refractivity contribution >= 4 is 27.8 Å². The molecule has 0 spiro atoms. The molecule has 0 unspecified atom stereocenters. The molecule has 3 rings (SSSR count). The number of aliphatic hydroxyl groups is 1. The highest BCUT2D eigenvalue weighted by molar-refractivity contribution is 5.92. The molecule has 0 aliphatic carbocycles. The van der Waals surface area contributed by atoms with E-state index in [1.807, 2.05) is 42.5 Å². The molecule has 0 amide bonds. The predicted octanol–water partition coefficient (Wildman–Crippen LogP) is 4.34. The van der Waals surface area contributed by atoms with Crippen LogP contribution < -0.4 is 10.5 Å². The maximum atomic E-state index is 9.48. The van der Waals surface area contributed by atoms with Crippen molar-refractivity contribution in [3.05, 3.63) is 60.2 Å². The average Bonchev–Trinajstić information content (AvgIpc) is 2.60. The topological polar surface area (TPSA) is 80.2 Å². The Bertz CT molecular complexity index is 870. The third kappa shape index (κ3) is 3.00. The summed E-state index contributed by atoms with van der Waals surface area (Å²) in [4.78, 5) is 0.